The summed E-state index contributed by atoms with van der Waals surface area (Å²) in [4.78, 5) is 0.228. The molecule has 1 aromatic heterocycles. The van der Waals surface area contributed by atoms with Gasteiger partial charge in [0.25, 0.3) is 0 Å². The van der Waals surface area contributed by atoms with Gasteiger partial charge in [0.1, 0.15) is 11.6 Å². The van der Waals surface area contributed by atoms with Gasteiger partial charge in [0.05, 0.1) is 23.1 Å². The Kier molecular flexibility index (Phi) is 6.05. The van der Waals surface area contributed by atoms with Crippen molar-refractivity contribution >= 4 is 22.4 Å². The second kappa shape index (κ2) is 8.17. The molecule has 1 N–H and O–H groups in total. The molecule has 2 aromatic rings. The number of halogens is 1. The molecule has 0 saturated carbocycles. The summed E-state index contributed by atoms with van der Waals surface area (Å²) in [5.41, 5.74) is 1.02. The molecule has 1 fully saturated rings. The Bertz CT molecular complexity index is 1010. The quantitative estimate of drug-likeness (QED) is 0.804. The number of fused-ring (bicyclic) bond motifs is 1. The van der Waals surface area contributed by atoms with Crippen LogP contribution in [-0.2, 0) is 23.1 Å². The van der Waals surface area contributed by atoms with Crippen LogP contribution in [0.4, 0.5) is 0 Å². The molecule has 28 heavy (non-hydrogen) atoms. The van der Waals surface area contributed by atoms with Crippen molar-refractivity contribution in [1.82, 2.24) is 24.4 Å². The van der Waals surface area contributed by atoms with E-state index in [0.29, 0.717) is 24.2 Å². The topological polar surface area (TPSA) is 104 Å². The first-order chi connectivity index (χ1) is 13.0. The third kappa shape index (κ3) is 3.65. The minimum Gasteiger partial charge on any atom is -0.312 e. The first-order valence-electron chi connectivity index (χ1n) is 9.14. The molecule has 2 aliphatic heterocycles. The van der Waals surface area contributed by atoms with Crippen LogP contribution >= 0.6 is 12.4 Å². The SMILES string of the molecule is Cc1ccc(C#N)cc1S(=O)(=O)N1CCC(c2nnc3n2CCNC3)CC1.Cl. The summed E-state index contributed by atoms with van der Waals surface area (Å²) in [5, 5.41) is 21.0. The molecule has 0 bridgehead atoms. The van der Waals surface area contributed by atoms with Crippen LogP contribution in [0.1, 0.15) is 41.5 Å². The Morgan fingerprint density at radius 3 is 2.68 bits per heavy atom. The fourth-order valence-corrected chi connectivity index (χ4v) is 5.58. The van der Waals surface area contributed by atoms with Gasteiger partial charge < -0.3 is 9.88 Å². The number of piperidine rings is 1. The number of hydrogen-bond donors (Lipinski definition) is 1. The zero-order valence-corrected chi connectivity index (χ0v) is 17.3. The number of rotatable bonds is 3. The molecule has 150 valence electrons. The fraction of sp³-hybridized carbons (Fsp3) is 0.500. The summed E-state index contributed by atoms with van der Waals surface area (Å²) in [6.45, 7) is 5.15. The van der Waals surface area contributed by atoms with E-state index in [4.69, 9.17) is 5.26 Å². The highest BCUT2D eigenvalue weighted by atomic mass is 35.5. The summed E-state index contributed by atoms with van der Waals surface area (Å²) in [5.74, 6) is 2.16. The van der Waals surface area contributed by atoms with Crippen molar-refractivity contribution in [2.45, 2.75) is 43.7 Å². The van der Waals surface area contributed by atoms with E-state index >= 15 is 0 Å². The van der Waals surface area contributed by atoms with Crippen LogP contribution in [0.15, 0.2) is 23.1 Å². The Hall–Kier alpha value is -1.99. The number of nitriles is 1. The summed E-state index contributed by atoms with van der Waals surface area (Å²) < 4.78 is 29.9. The number of aromatic nitrogens is 3. The van der Waals surface area contributed by atoms with Gasteiger partial charge in [0, 0.05) is 32.1 Å². The fourth-order valence-electron chi connectivity index (χ4n) is 3.86. The van der Waals surface area contributed by atoms with E-state index in [0.717, 1.165) is 44.1 Å². The first-order valence-corrected chi connectivity index (χ1v) is 10.6. The molecule has 4 rings (SSSR count). The van der Waals surface area contributed by atoms with Crippen molar-refractivity contribution in [2.75, 3.05) is 19.6 Å². The van der Waals surface area contributed by atoms with Crippen molar-refractivity contribution in [3.63, 3.8) is 0 Å². The largest absolute Gasteiger partial charge is 0.312 e. The van der Waals surface area contributed by atoms with E-state index in [1.807, 2.05) is 6.07 Å². The van der Waals surface area contributed by atoms with Crippen LogP contribution < -0.4 is 5.32 Å². The Morgan fingerprint density at radius 2 is 1.96 bits per heavy atom. The normalized spacial score (nSPS) is 18.1. The maximum absolute atomic E-state index is 13.1. The average Bonchev–Trinajstić information content (AvgIpc) is 3.12. The van der Waals surface area contributed by atoms with E-state index in [-0.39, 0.29) is 23.2 Å². The minimum absolute atomic E-state index is 0. The highest BCUT2D eigenvalue weighted by Crippen LogP contribution is 2.31. The Labute approximate surface area is 171 Å². The van der Waals surface area contributed by atoms with Crippen molar-refractivity contribution in [1.29, 1.82) is 5.26 Å². The summed E-state index contributed by atoms with van der Waals surface area (Å²) in [6.07, 6.45) is 1.45. The maximum Gasteiger partial charge on any atom is 0.243 e. The lowest BCUT2D eigenvalue weighted by Gasteiger charge is -2.31. The number of sulfonamides is 1. The number of hydrogen-bond acceptors (Lipinski definition) is 6. The molecule has 0 radical (unpaired) electrons. The molecule has 3 heterocycles. The monoisotopic (exact) mass is 422 g/mol. The van der Waals surface area contributed by atoms with Crippen molar-refractivity contribution < 1.29 is 8.42 Å². The van der Waals surface area contributed by atoms with E-state index in [9.17, 15) is 8.42 Å². The van der Waals surface area contributed by atoms with E-state index < -0.39 is 10.0 Å². The van der Waals surface area contributed by atoms with Crippen LogP contribution in [0.2, 0.25) is 0 Å². The smallest absolute Gasteiger partial charge is 0.243 e. The van der Waals surface area contributed by atoms with Crippen LogP contribution in [0.5, 0.6) is 0 Å². The zero-order valence-electron chi connectivity index (χ0n) is 15.6. The molecule has 0 unspecified atom stereocenters. The van der Waals surface area contributed by atoms with E-state index in [1.165, 1.54) is 10.4 Å². The van der Waals surface area contributed by atoms with Gasteiger partial charge in [0.2, 0.25) is 10.0 Å². The van der Waals surface area contributed by atoms with Crippen LogP contribution in [0.25, 0.3) is 0 Å². The van der Waals surface area contributed by atoms with Gasteiger partial charge in [-0.1, -0.05) is 6.07 Å². The second-order valence-electron chi connectivity index (χ2n) is 7.07. The molecule has 1 saturated heterocycles. The molecule has 0 atom stereocenters. The van der Waals surface area contributed by atoms with Gasteiger partial charge >= 0.3 is 0 Å². The van der Waals surface area contributed by atoms with Crippen molar-refractivity contribution in [2.24, 2.45) is 0 Å². The lowest BCUT2D eigenvalue weighted by molar-refractivity contribution is 0.307. The predicted molar refractivity (Wildman–Crippen MR) is 106 cm³/mol. The maximum atomic E-state index is 13.1. The average molecular weight is 423 g/mol. The van der Waals surface area contributed by atoms with E-state index in [1.54, 1.807) is 19.1 Å². The first kappa shape index (κ1) is 20.7. The van der Waals surface area contributed by atoms with Gasteiger partial charge in [-0.2, -0.15) is 9.57 Å². The Balaban J connectivity index is 0.00000225. The highest BCUT2D eigenvalue weighted by molar-refractivity contribution is 7.89. The molecule has 0 amide bonds. The minimum atomic E-state index is -3.61. The Morgan fingerprint density at radius 1 is 1.21 bits per heavy atom. The second-order valence-corrected chi connectivity index (χ2v) is 8.98. The highest BCUT2D eigenvalue weighted by Gasteiger charge is 2.33. The third-order valence-electron chi connectivity index (χ3n) is 5.41. The number of aryl methyl sites for hydroxylation is 1. The van der Waals surface area contributed by atoms with Crippen LogP contribution in [0.3, 0.4) is 0 Å². The number of nitrogens with zero attached hydrogens (tertiary/aromatic N) is 5. The van der Waals surface area contributed by atoms with Crippen LogP contribution in [0, 0.1) is 18.3 Å². The number of nitrogens with one attached hydrogen (secondary N) is 1. The third-order valence-corrected chi connectivity index (χ3v) is 7.45. The molecular weight excluding hydrogens is 400 g/mol. The molecule has 2 aliphatic rings. The van der Waals surface area contributed by atoms with Gasteiger partial charge in [-0.15, -0.1) is 22.6 Å². The van der Waals surface area contributed by atoms with Crippen molar-refractivity contribution in [3.05, 3.63) is 41.0 Å². The van der Waals surface area contributed by atoms with Gasteiger partial charge in [-0.3, -0.25) is 0 Å². The summed E-state index contributed by atoms with van der Waals surface area (Å²) in [6, 6.07) is 6.82. The zero-order chi connectivity index (χ0) is 19.0. The lowest BCUT2D eigenvalue weighted by Crippen LogP contribution is -2.39. The van der Waals surface area contributed by atoms with Gasteiger partial charge in [-0.05, 0) is 37.5 Å². The van der Waals surface area contributed by atoms with E-state index in [2.05, 4.69) is 20.1 Å². The van der Waals surface area contributed by atoms with Crippen LogP contribution in [-0.4, -0.2) is 47.1 Å². The molecule has 10 heteroatoms. The summed E-state index contributed by atoms with van der Waals surface area (Å²) in [7, 11) is -3.61. The molecule has 0 aliphatic carbocycles. The predicted octanol–water partition coefficient (Wildman–Crippen LogP) is 1.55. The molecular formula is C18H23ClN6O2S. The molecule has 8 nitrogen and oxygen atoms in total. The summed E-state index contributed by atoms with van der Waals surface area (Å²) >= 11 is 0. The molecule has 0 spiro atoms. The molecule has 1 aromatic carbocycles. The van der Waals surface area contributed by atoms with Gasteiger partial charge in [0.15, 0.2) is 0 Å². The van der Waals surface area contributed by atoms with Gasteiger partial charge in [-0.25, -0.2) is 8.42 Å². The number of benzene rings is 1. The standard InChI is InChI=1S/C18H22N6O2S.ClH/c1-13-2-3-14(11-19)10-16(13)27(25,26)23-7-4-15(5-8-23)18-22-21-17-12-20-6-9-24(17)18;/h2-3,10,15,20H,4-9,12H2,1H3;1H. The lowest BCUT2D eigenvalue weighted by atomic mass is 9.97. The van der Waals surface area contributed by atoms with Crippen molar-refractivity contribution in [3.8, 4) is 6.07 Å².